The first kappa shape index (κ1) is 18.2. The van der Waals surface area contributed by atoms with Crippen molar-refractivity contribution in [3.05, 3.63) is 34.9 Å². The van der Waals surface area contributed by atoms with Crippen molar-refractivity contribution >= 4 is 0 Å². The van der Waals surface area contributed by atoms with Crippen LogP contribution < -0.4 is 0 Å². The fourth-order valence-corrected chi connectivity index (χ4v) is 2.79. The zero-order valence-corrected chi connectivity index (χ0v) is 14.7. The number of hydrogen-bond acceptors (Lipinski definition) is 1. The molecule has 21 heavy (non-hydrogen) atoms. The molecule has 0 aliphatic heterocycles. The van der Waals surface area contributed by atoms with E-state index in [1.54, 1.807) is 0 Å². The van der Waals surface area contributed by atoms with Crippen LogP contribution >= 0.6 is 0 Å². The van der Waals surface area contributed by atoms with Crippen LogP contribution in [0.1, 0.15) is 79.6 Å². The molecule has 0 fully saturated rings. The van der Waals surface area contributed by atoms with E-state index in [4.69, 9.17) is 0 Å². The van der Waals surface area contributed by atoms with E-state index in [1.807, 2.05) is 0 Å². The Morgan fingerprint density at radius 3 is 1.86 bits per heavy atom. The molecule has 0 amide bonds. The van der Waals surface area contributed by atoms with Crippen LogP contribution in [0.4, 0.5) is 0 Å². The minimum Gasteiger partial charge on any atom is -0.389 e. The van der Waals surface area contributed by atoms with Gasteiger partial charge in [-0.05, 0) is 71.6 Å². The second kappa shape index (κ2) is 8.58. The Morgan fingerprint density at radius 2 is 1.33 bits per heavy atom. The van der Waals surface area contributed by atoms with Crippen molar-refractivity contribution in [2.24, 2.45) is 5.92 Å². The van der Waals surface area contributed by atoms with Crippen molar-refractivity contribution in [1.29, 1.82) is 0 Å². The highest BCUT2D eigenvalue weighted by molar-refractivity contribution is 5.09. The molecule has 0 aromatic rings. The lowest BCUT2D eigenvalue weighted by Gasteiger charge is -2.32. The summed E-state index contributed by atoms with van der Waals surface area (Å²) in [6, 6.07) is 0. The standard InChI is InChI=1S/C20H34O/c1-16(2)20(21)14-12-18(4)10-6-8-17(3)9-7-11-19(5)13-15-20/h8,11-12,16,21H,6-7,9-10,13-15H2,1-5H3/b17-8-,18-12-,19-11-/t20-/m0/s1. The summed E-state index contributed by atoms with van der Waals surface area (Å²) in [4.78, 5) is 0. The molecule has 0 saturated heterocycles. The summed E-state index contributed by atoms with van der Waals surface area (Å²) in [7, 11) is 0. The van der Waals surface area contributed by atoms with Crippen molar-refractivity contribution in [1.82, 2.24) is 0 Å². The molecule has 0 aromatic carbocycles. The fourth-order valence-electron chi connectivity index (χ4n) is 2.79. The van der Waals surface area contributed by atoms with Gasteiger partial charge in [0.25, 0.3) is 0 Å². The van der Waals surface area contributed by atoms with Gasteiger partial charge in [0.15, 0.2) is 0 Å². The largest absolute Gasteiger partial charge is 0.389 e. The third-order valence-electron chi connectivity index (χ3n) is 4.89. The van der Waals surface area contributed by atoms with Gasteiger partial charge < -0.3 is 5.11 Å². The monoisotopic (exact) mass is 290 g/mol. The van der Waals surface area contributed by atoms with Gasteiger partial charge in [-0.15, -0.1) is 0 Å². The molecule has 1 N–H and O–H groups in total. The molecule has 0 heterocycles. The molecular formula is C20H34O. The van der Waals surface area contributed by atoms with Crippen LogP contribution in [-0.2, 0) is 0 Å². The first-order valence-corrected chi connectivity index (χ1v) is 8.53. The van der Waals surface area contributed by atoms with E-state index in [2.05, 4.69) is 52.8 Å². The average Bonchev–Trinajstić information content (AvgIpc) is 2.42. The van der Waals surface area contributed by atoms with E-state index in [9.17, 15) is 5.11 Å². The van der Waals surface area contributed by atoms with Gasteiger partial charge in [-0.3, -0.25) is 0 Å². The van der Waals surface area contributed by atoms with Gasteiger partial charge in [-0.25, -0.2) is 0 Å². The van der Waals surface area contributed by atoms with Crippen molar-refractivity contribution in [3.63, 3.8) is 0 Å². The summed E-state index contributed by atoms with van der Waals surface area (Å²) in [5, 5.41) is 11.0. The molecule has 1 heteroatoms. The van der Waals surface area contributed by atoms with Crippen LogP contribution in [0.5, 0.6) is 0 Å². The summed E-state index contributed by atoms with van der Waals surface area (Å²) < 4.78 is 0. The Morgan fingerprint density at radius 1 is 0.857 bits per heavy atom. The maximum Gasteiger partial charge on any atom is 0.0707 e. The maximum absolute atomic E-state index is 11.0. The predicted octanol–water partition coefficient (Wildman–Crippen LogP) is 5.96. The van der Waals surface area contributed by atoms with Crippen LogP contribution in [0.3, 0.4) is 0 Å². The van der Waals surface area contributed by atoms with Gasteiger partial charge in [0.2, 0.25) is 0 Å². The molecule has 0 saturated carbocycles. The van der Waals surface area contributed by atoms with Crippen molar-refractivity contribution in [3.8, 4) is 0 Å². The summed E-state index contributed by atoms with van der Waals surface area (Å²) in [6.45, 7) is 10.9. The third-order valence-corrected chi connectivity index (χ3v) is 4.89. The Labute approximate surface area is 131 Å². The minimum atomic E-state index is -0.563. The van der Waals surface area contributed by atoms with Gasteiger partial charge in [-0.1, -0.05) is 48.8 Å². The molecule has 0 bridgehead atoms. The van der Waals surface area contributed by atoms with E-state index < -0.39 is 5.60 Å². The molecule has 0 unspecified atom stereocenters. The second-order valence-corrected chi connectivity index (χ2v) is 7.19. The van der Waals surface area contributed by atoms with Gasteiger partial charge in [0, 0.05) is 0 Å². The molecule has 120 valence electrons. The number of allylic oxidation sites excluding steroid dienone is 5. The summed E-state index contributed by atoms with van der Waals surface area (Å²) in [6.07, 6.45) is 14.2. The Balaban J connectivity index is 2.88. The third kappa shape index (κ3) is 6.65. The fraction of sp³-hybridized carbons (Fsp3) is 0.700. The Hall–Kier alpha value is -0.820. The first-order valence-electron chi connectivity index (χ1n) is 8.53. The number of hydrogen-bond donors (Lipinski definition) is 1. The first-order chi connectivity index (χ1) is 9.83. The van der Waals surface area contributed by atoms with Crippen LogP contribution in [0.25, 0.3) is 0 Å². The smallest absolute Gasteiger partial charge is 0.0707 e. The average molecular weight is 290 g/mol. The second-order valence-electron chi connectivity index (χ2n) is 7.19. The molecule has 1 nitrogen and oxygen atoms in total. The van der Waals surface area contributed by atoms with Crippen LogP contribution in [0.15, 0.2) is 34.9 Å². The van der Waals surface area contributed by atoms with Crippen LogP contribution in [0, 0.1) is 5.92 Å². The molecule has 0 spiro atoms. The Kier molecular flexibility index (Phi) is 7.45. The van der Waals surface area contributed by atoms with E-state index in [0.29, 0.717) is 5.92 Å². The molecule has 1 aliphatic rings. The molecule has 1 aliphatic carbocycles. The topological polar surface area (TPSA) is 20.2 Å². The van der Waals surface area contributed by atoms with E-state index >= 15 is 0 Å². The predicted molar refractivity (Wildman–Crippen MR) is 93.4 cm³/mol. The Bertz CT molecular complexity index is 412. The van der Waals surface area contributed by atoms with Crippen LogP contribution in [0.2, 0.25) is 0 Å². The lowest BCUT2D eigenvalue weighted by molar-refractivity contribution is -0.0101. The highest BCUT2D eigenvalue weighted by atomic mass is 16.3. The molecule has 0 aromatic heterocycles. The SMILES string of the molecule is C/C1=C/CC/C(C)=C\C[C@@](O)(C(C)C)CC/C(C)=C\CC1. The van der Waals surface area contributed by atoms with Gasteiger partial charge in [-0.2, -0.15) is 0 Å². The molecule has 1 atom stereocenters. The lowest BCUT2D eigenvalue weighted by Crippen LogP contribution is -2.34. The van der Waals surface area contributed by atoms with Gasteiger partial charge in [0.05, 0.1) is 5.60 Å². The van der Waals surface area contributed by atoms with E-state index in [-0.39, 0.29) is 0 Å². The maximum atomic E-state index is 11.0. The van der Waals surface area contributed by atoms with Gasteiger partial charge in [0.1, 0.15) is 0 Å². The highest BCUT2D eigenvalue weighted by Crippen LogP contribution is 2.30. The highest BCUT2D eigenvalue weighted by Gasteiger charge is 2.29. The van der Waals surface area contributed by atoms with E-state index in [0.717, 1.165) is 44.9 Å². The minimum absolute atomic E-state index is 0.296. The van der Waals surface area contributed by atoms with Crippen molar-refractivity contribution < 1.29 is 5.11 Å². The van der Waals surface area contributed by atoms with Crippen molar-refractivity contribution in [2.75, 3.05) is 0 Å². The lowest BCUT2D eigenvalue weighted by atomic mass is 9.81. The zero-order valence-electron chi connectivity index (χ0n) is 14.7. The normalized spacial score (nSPS) is 34.1. The summed E-state index contributed by atoms with van der Waals surface area (Å²) in [5.74, 6) is 0.296. The summed E-state index contributed by atoms with van der Waals surface area (Å²) in [5.41, 5.74) is 3.76. The van der Waals surface area contributed by atoms with Crippen LogP contribution in [-0.4, -0.2) is 10.7 Å². The number of rotatable bonds is 1. The van der Waals surface area contributed by atoms with E-state index in [1.165, 1.54) is 16.7 Å². The quantitative estimate of drug-likeness (QED) is 0.591. The molecular weight excluding hydrogens is 256 g/mol. The zero-order chi connectivity index (χ0) is 15.9. The van der Waals surface area contributed by atoms with Crippen molar-refractivity contribution in [2.45, 2.75) is 85.2 Å². The van der Waals surface area contributed by atoms with Gasteiger partial charge >= 0.3 is 0 Å². The summed E-state index contributed by atoms with van der Waals surface area (Å²) >= 11 is 0. The molecule has 1 rings (SSSR count). The number of aliphatic hydroxyl groups is 1. The molecule has 0 radical (unpaired) electrons.